The Balaban J connectivity index is 1.47. The molecule has 1 heterocycles. The Morgan fingerprint density at radius 1 is 0.903 bits per heavy atom. The minimum absolute atomic E-state index is 0.222. The van der Waals surface area contributed by atoms with Crippen molar-refractivity contribution in [3.63, 3.8) is 0 Å². The second-order valence-electron chi connectivity index (χ2n) is 6.66. The summed E-state index contributed by atoms with van der Waals surface area (Å²) in [6.45, 7) is 1.03. The molecule has 3 amide bonds. The molecule has 0 spiro atoms. The van der Waals surface area contributed by atoms with E-state index < -0.39 is 42.8 Å². The predicted molar refractivity (Wildman–Crippen MR) is 108 cm³/mol. The Kier molecular flexibility index (Phi) is 6.76. The largest absolute Gasteiger partial charge is 0.462 e. The molecule has 1 aliphatic heterocycles. The summed E-state index contributed by atoms with van der Waals surface area (Å²) in [5, 5.41) is 2.52. The highest BCUT2D eigenvalue weighted by atomic mass is 16.5. The van der Waals surface area contributed by atoms with E-state index in [0.717, 1.165) is 4.90 Å². The van der Waals surface area contributed by atoms with Crippen molar-refractivity contribution < 1.29 is 33.4 Å². The molecular formula is C22H20N2O7. The van der Waals surface area contributed by atoms with Crippen molar-refractivity contribution in [1.82, 2.24) is 4.90 Å². The summed E-state index contributed by atoms with van der Waals surface area (Å²) in [6, 6.07) is 12.3. The molecule has 0 aromatic heterocycles. The van der Waals surface area contributed by atoms with Crippen LogP contribution in [0.4, 0.5) is 5.69 Å². The number of carbonyl (C=O) groups excluding carboxylic acids is 5. The molecule has 0 unspecified atom stereocenters. The maximum atomic E-state index is 12.2. The van der Waals surface area contributed by atoms with Gasteiger partial charge in [-0.15, -0.1) is 0 Å². The topological polar surface area (TPSA) is 119 Å². The molecule has 9 heteroatoms. The molecular weight excluding hydrogens is 404 g/mol. The third kappa shape index (κ3) is 5.13. The van der Waals surface area contributed by atoms with Crippen LogP contribution in [-0.2, 0) is 19.1 Å². The first-order valence-electron chi connectivity index (χ1n) is 9.58. The second-order valence-corrected chi connectivity index (χ2v) is 6.66. The second kappa shape index (κ2) is 9.66. The monoisotopic (exact) mass is 424 g/mol. The first-order valence-corrected chi connectivity index (χ1v) is 9.58. The van der Waals surface area contributed by atoms with E-state index in [1.165, 1.54) is 36.4 Å². The van der Waals surface area contributed by atoms with Crippen molar-refractivity contribution >= 4 is 35.3 Å². The van der Waals surface area contributed by atoms with Crippen LogP contribution in [0.15, 0.2) is 48.5 Å². The SMILES string of the molecule is CCCOC(=O)c1ccc(NC(=O)COC(=O)CN2C(=O)c3ccccc3C2=O)cc1. The molecule has 2 aromatic rings. The first kappa shape index (κ1) is 21.7. The van der Waals surface area contributed by atoms with Gasteiger partial charge in [-0.05, 0) is 42.8 Å². The van der Waals surface area contributed by atoms with E-state index in [4.69, 9.17) is 9.47 Å². The summed E-state index contributed by atoms with van der Waals surface area (Å²) < 4.78 is 9.89. The molecule has 1 N–H and O–H groups in total. The molecule has 0 saturated heterocycles. The molecule has 0 fully saturated rings. The number of nitrogens with zero attached hydrogens (tertiary/aromatic N) is 1. The minimum atomic E-state index is -0.890. The van der Waals surface area contributed by atoms with Crippen LogP contribution in [0.3, 0.4) is 0 Å². The Morgan fingerprint density at radius 3 is 2.10 bits per heavy atom. The lowest BCUT2D eigenvalue weighted by atomic mass is 10.1. The third-order valence-electron chi connectivity index (χ3n) is 4.37. The first-order chi connectivity index (χ1) is 14.9. The van der Waals surface area contributed by atoms with Gasteiger partial charge in [-0.25, -0.2) is 4.79 Å². The quantitative estimate of drug-likeness (QED) is 0.509. The van der Waals surface area contributed by atoms with Crippen LogP contribution >= 0.6 is 0 Å². The van der Waals surface area contributed by atoms with Crippen LogP contribution in [0, 0.1) is 0 Å². The van der Waals surface area contributed by atoms with Gasteiger partial charge < -0.3 is 14.8 Å². The number of ether oxygens (including phenoxy) is 2. The van der Waals surface area contributed by atoms with Crippen LogP contribution in [0.5, 0.6) is 0 Å². The van der Waals surface area contributed by atoms with Crippen LogP contribution < -0.4 is 5.32 Å². The highest BCUT2D eigenvalue weighted by Crippen LogP contribution is 2.22. The van der Waals surface area contributed by atoms with Gasteiger partial charge in [0, 0.05) is 5.69 Å². The number of anilines is 1. The number of amides is 3. The summed E-state index contributed by atoms with van der Waals surface area (Å²) in [6.07, 6.45) is 0.714. The zero-order valence-electron chi connectivity index (χ0n) is 16.8. The maximum absolute atomic E-state index is 12.2. The number of fused-ring (bicyclic) bond motifs is 1. The maximum Gasteiger partial charge on any atom is 0.338 e. The Morgan fingerprint density at radius 2 is 1.52 bits per heavy atom. The summed E-state index contributed by atoms with van der Waals surface area (Å²) >= 11 is 0. The van der Waals surface area contributed by atoms with E-state index in [2.05, 4.69) is 5.32 Å². The average molecular weight is 424 g/mol. The molecule has 3 rings (SSSR count). The smallest absolute Gasteiger partial charge is 0.338 e. The number of hydrogen-bond donors (Lipinski definition) is 1. The number of imide groups is 1. The van der Waals surface area contributed by atoms with Gasteiger partial charge in [0.05, 0.1) is 23.3 Å². The normalized spacial score (nSPS) is 12.4. The van der Waals surface area contributed by atoms with Gasteiger partial charge in [0.1, 0.15) is 6.54 Å². The Bertz CT molecular complexity index is 995. The van der Waals surface area contributed by atoms with Crippen molar-refractivity contribution in [1.29, 1.82) is 0 Å². The summed E-state index contributed by atoms with van der Waals surface area (Å²) in [5.74, 6) is -3.13. The number of nitrogens with one attached hydrogen (secondary N) is 1. The molecule has 0 bridgehead atoms. The lowest BCUT2D eigenvalue weighted by Crippen LogP contribution is -2.36. The molecule has 0 atom stereocenters. The number of rotatable bonds is 8. The lowest BCUT2D eigenvalue weighted by molar-refractivity contribution is -0.147. The summed E-state index contributed by atoms with van der Waals surface area (Å²) in [7, 11) is 0. The fourth-order valence-electron chi connectivity index (χ4n) is 2.87. The molecule has 0 saturated carbocycles. The van der Waals surface area contributed by atoms with E-state index >= 15 is 0 Å². The Hall–Kier alpha value is -4.01. The highest BCUT2D eigenvalue weighted by Gasteiger charge is 2.36. The molecule has 31 heavy (non-hydrogen) atoms. The number of carbonyl (C=O) groups is 5. The van der Waals surface area contributed by atoms with Gasteiger partial charge in [0.25, 0.3) is 17.7 Å². The number of hydrogen-bond acceptors (Lipinski definition) is 7. The standard InChI is InChI=1S/C22H20N2O7/c1-2-11-30-22(29)14-7-9-15(10-8-14)23-18(25)13-31-19(26)12-24-20(27)16-5-3-4-6-17(16)21(24)28/h3-10H,2,11-13H2,1H3,(H,23,25). The number of esters is 2. The van der Waals surface area contributed by atoms with Gasteiger partial charge in [-0.1, -0.05) is 19.1 Å². The summed E-state index contributed by atoms with van der Waals surface area (Å²) in [4.78, 5) is 61.0. The van der Waals surface area contributed by atoms with Gasteiger partial charge in [-0.2, -0.15) is 0 Å². The summed E-state index contributed by atoms with van der Waals surface area (Å²) in [5.41, 5.74) is 1.19. The Labute approximate surface area is 177 Å². The van der Waals surface area contributed by atoms with Gasteiger partial charge in [-0.3, -0.25) is 24.1 Å². The van der Waals surface area contributed by atoms with Crippen molar-refractivity contribution in [2.24, 2.45) is 0 Å². The van der Waals surface area contributed by atoms with E-state index in [-0.39, 0.29) is 11.1 Å². The van der Waals surface area contributed by atoms with Crippen LogP contribution in [0.2, 0.25) is 0 Å². The van der Waals surface area contributed by atoms with Crippen molar-refractivity contribution in [3.8, 4) is 0 Å². The third-order valence-corrected chi connectivity index (χ3v) is 4.37. The zero-order chi connectivity index (χ0) is 22.4. The fourth-order valence-corrected chi connectivity index (χ4v) is 2.87. The molecule has 1 aliphatic rings. The van der Waals surface area contributed by atoms with Crippen LogP contribution in [0.1, 0.15) is 44.4 Å². The molecule has 0 radical (unpaired) electrons. The van der Waals surface area contributed by atoms with E-state index in [1.807, 2.05) is 6.92 Å². The van der Waals surface area contributed by atoms with E-state index in [0.29, 0.717) is 24.3 Å². The average Bonchev–Trinajstić information content (AvgIpc) is 3.01. The van der Waals surface area contributed by atoms with Crippen molar-refractivity contribution in [3.05, 3.63) is 65.2 Å². The van der Waals surface area contributed by atoms with Crippen LogP contribution in [-0.4, -0.2) is 54.3 Å². The van der Waals surface area contributed by atoms with Crippen molar-refractivity contribution in [2.75, 3.05) is 25.1 Å². The zero-order valence-corrected chi connectivity index (χ0v) is 16.8. The molecule has 2 aromatic carbocycles. The molecule has 0 aliphatic carbocycles. The van der Waals surface area contributed by atoms with E-state index in [9.17, 15) is 24.0 Å². The minimum Gasteiger partial charge on any atom is -0.462 e. The van der Waals surface area contributed by atoms with Crippen molar-refractivity contribution in [2.45, 2.75) is 13.3 Å². The van der Waals surface area contributed by atoms with Crippen LogP contribution in [0.25, 0.3) is 0 Å². The molecule has 160 valence electrons. The van der Waals surface area contributed by atoms with Gasteiger partial charge in [0.15, 0.2) is 6.61 Å². The van der Waals surface area contributed by atoms with Gasteiger partial charge in [0.2, 0.25) is 0 Å². The predicted octanol–water partition coefficient (Wildman–Crippen LogP) is 2.03. The van der Waals surface area contributed by atoms with Gasteiger partial charge >= 0.3 is 11.9 Å². The lowest BCUT2D eigenvalue weighted by Gasteiger charge is -2.13. The fraction of sp³-hybridized carbons (Fsp3) is 0.227. The van der Waals surface area contributed by atoms with E-state index in [1.54, 1.807) is 12.1 Å². The number of benzene rings is 2. The highest BCUT2D eigenvalue weighted by molar-refractivity contribution is 6.22. The molecule has 9 nitrogen and oxygen atoms in total.